The second-order valence-corrected chi connectivity index (χ2v) is 5.10. The minimum atomic E-state index is -0.183. The summed E-state index contributed by atoms with van der Waals surface area (Å²) < 4.78 is 15.9. The van der Waals surface area contributed by atoms with E-state index in [9.17, 15) is 4.39 Å². The Morgan fingerprint density at radius 3 is 2.84 bits per heavy atom. The van der Waals surface area contributed by atoms with Crippen LogP contribution in [-0.2, 0) is 7.05 Å². The topological polar surface area (TPSA) is 29.9 Å². The standard InChI is InChI=1S/C15H18FN3/c1-10-14(11-6-3-4-7-12(11)16)15(18-19(10)2)13-8-5-9-17-13/h3-4,6-7,13,17H,5,8-9H2,1-2H3. The maximum absolute atomic E-state index is 14.1. The van der Waals surface area contributed by atoms with Gasteiger partial charge in [0.1, 0.15) is 5.82 Å². The summed E-state index contributed by atoms with van der Waals surface area (Å²) in [6.07, 6.45) is 2.22. The Balaban J connectivity index is 2.16. The van der Waals surface area contributed by atoms with Crippen molar-refractivity contribution in [2.75, 3.05) is 6.54 Å². The lowest BCUT2D eigenvalue weighted by Gasteiger charge is -2.11. The van der Waals surface area contributed by atoms with E-state index < -0.39 is 0 Å². The first-order valence-corrected chi connectivity index (χ1v) is 6.70. The zero-order valence-electron chi connectivity index (χ0n) is 11.3. The SMILES string of the molecule is Cc1c(-c2ccccc2F)c(C2CCCN2)nn1C. The van der Waals surface area contributed by atoms with Gasteiger partial charge in [0.2, 0.25) is 0 Å². The molecule has 1 saturated heterocycles. The Labute approximate surface area is 112 Å². The third kappa shape index (κ3) is 2.06. The minimum Gasteiger partial charge on any atom is -0.309 e. The summed E-state index contributed by atoms with van der Waals surface area (Å²) in [5.74, 6) is -0.183. The van der Waals surface area contributed by atoms with Gasteiger partial charge in [0, 0.05) is 23.9 Å². The largest absolute Gasteiger partial charge is 0.309 e. The monoisotopic (exact) mass is 259 g/mol. The van der Waals surface area contributed by atoms with Crippen molar-refractivity contribution in [3.63, 3.8) is 0 Å². The Kier molecular flexibility index (Phi) is 3.11. The average molecular weight is 259 g/mol. The molecule has 0 radical (unpaired) electrons. The van der Waals surface area contributed by atoms with Crippen molar-refractivity contribution in [3.8, 4) is 11.1 Å². The first-order chi connectivity index (χ1) is 9.18. The van der Waals surface area contributed by atoms with Crippen LogP contribution in [0.3, 0.4) is 0 Å². The summed E-state index contributed by atoms with van der Waals surface area (Å²) in [6.45, 7) is 3.00. The summed E-state index contributed by atoms with van der Waals surface area (Å²) in [4.78, 5) is 0. The Morgan fingerprint density at radius 1 is 1.37 bits per heavy atom. The molecule has 1 aliphatic rings. The minimum absolute atomic E-state index is 0.183. The summed E-state index contributed by atoms with van der Waals surface area (Å²) >= 11 is 0. The van der Waals surface area contributed by atoms with Crippen molar-refractivity contribution in [1.82, 2.24) is 15.1 Å². The fourth-order valence-corrected chi connectivity index (χ4v) is 2.79. The van der Waals surface area contributed by atoms with Crippen molar-refractivity contribution in [2.24, 2.45) is 7.05 Å². The zero-order chi connectivity index (χ0) is 13.4. The molecule has 0 bridgehead atoms. The molecule has 4 heteroatoms. The number of rotatable bonds is 2. The molecule has 1 aliphatic heterocycles. The molecule has 2 heterocycles. The van der Waals surface area contributed by atoms with Crippen LogP contribution in [0.2, 0.25) is 0 Å². The highest BCUT2D eigenvalue weighted by molar-refractivity contribution is 5.70. The molecule has 0 saturated carbocycles. The lowest BCUT2D eigenvalue weighted by Crippen LogP contribution is -2.14. The summed E-state index contributed by atoms with van der Waals surface area (Å²) in [6, 6.07) is 7.18. The molecule has 2 aromatic rings. The lowest BCUT2D eigenvalue weighted by atomic mass is 9.98. The van der Waals surface area contributed by atoms with Crippen LogP contribution in [0.1, 0.15) is 30.3 Å². The summed E-state index contributed by atoms with van der Waals surface area (Å²) in [7, 11) is 1.91. The quantitative estimate of drug-likeness (QED) is 0.898. The van der Waals surface area contributed by atoms with Gasteiger partial charge in [-0.05, 0) is 32.4 Å². The van der Waals surface area contributed by atoms with Gasteiger partial charge in [-0.3, -0.25) is 4.68 Å². The number of halogens is 1. The molecule has 0 aliphatic carbocycles. The zero-order valence-corrected chi connectivity index (χ0v) is 11.3. The number of aryl methyl sites for hydroxylation is 1. The summed E-state index contributed by atoms with van der Waals surface area (Å²) in [5.41, 5.74) is 3.58. The normalized spacial score (nSPS) is 19.0. The van der Waals surface area contributed by atoms with Crippen molar-refractivity contribution < 1.29 is 4.39 Å². The van der Waals surface area contributed by atoms with Gasteiger partial charge in [-0.25, -0.2) is 4.39 Å². The van der Waals surface area contributed by atoms with E-state index in [1.165, 1.54) is 6.07 Å². The van der Waals surface area contributed by atoms with Crippen LogP contribution in [0, 0.1) is 12.7 Å². The lowest BCUT2D eigenvalue weighted by molar-refractivity contribution is 0.604. The number of benzene rings is 1. The fraction of sp³-hybridized carbons (Fsp3) is 0.400. The van der Waals surface area contributed by atoms with E-state index in [4.69, 9.17) is 0 Å². The second-order valence-electron chi connectivity index (χ2n) is 5.10. The van der Waals surface area contributed by atoms with Gasteiger partial charge in [-0.15, -0.1) is 0 Å². The van der Waals surface area contributed by atoms with Crippen LogP contribution in [0.15, 0.2) is 24.3 Å². The van der Waals surface area contributed by atoms with E-state index >= 15 is 0 Å². The molecule has 19 heavy (non-hydrogen) atoms. The number of nitrogens with one attached hydrogen (secondary N) is 1. The highest BCUT2D eigenvalue weighted by Gasteiger charge is 2.26. The van der Waals surface area contributed by atoms with Gasteiger partial charge in [-0.1, -0.05) is 18.2 Å². The van der Waals surface area contributed by atoms with Crippen LogP contribution >= 0.6 is 0 Å². The molecule has 1 aromatic heterocycles. The van der Waals surface area contributed by atoms with Crippen LogP contribution < -0.4 is 5.32 Å². The third-order valence-corrected chi connectivity index (χ3v) is 3.89. The van der Waals surface area contributed by atoms with E-state index in [0.29, 0.717) is 5.56 Å². The van der Waals surface area contributed by atoms with Gasteiger partial charge in [0.25, 0.3) is 0 Å². The molecule has 100 valence electrons. The molecule has 3 rings (SSSR count). The molecule has 1 atom stereocenters. The van der Waals surface area contributed by atoms with Gasteiger partial charge in [0.05, 0.1) is 11.7 Å². The second kappa shape index (κ2) is 4.78. The van der Waals surface area contributed by atoms with Crippen molar-refractivity contribution in [3.05, 3.63) is 41.5 Å². The van der Waals surface area contributed by atoms with Gasteiger partial charge >= 0.3 is 0 Å². The van der Waals surface area contributed by atoms with E-state index in [0.717, 1.165) is 36.3 Å². The Hall–Kier alpha value is -1.68. The molecule has 0 spiro atoms. The smallest absolute Gasteiger partial charge is 0.131 e. The van der Waals surface area contributed by atoms with Crippen LogP contribution in [-0.4, -0.2) is 16.3 Å². The Morgan fingerprint density at radius 2 is 2.16 bits per heavy atom. The first kappa shape index (κ1) is 12.4. The van der Waals surface area contributed by atoms with Gasteiger partial charge < -0.3 is 5.32 Å². The molecule has 1 fully saturated rings. The molecular weight excluding hydrogens is 241 g/mol. The maximum Gasteiger partial charge on any atom is 0.131 e. The maximum atomic E-state index is 14.1. The number of aromatic nitrogens is 2. The Bertz CT molecular complexity index is 597. The van der Waals surface area contributed by atoms with Crippen molar-refractivity contribution in [2.45, 2.75) is 25.8 Å². The highest BCUT2D eigenvalue weighted by Crippen LogP contribution is 2.35. The van der Waals surface area contributed by atoms with E-state index in [1.54, 1.807) is 6.07 Å². The molecule has 3 nitrogen and oxygen atoms in total. The van der Waals surface area contributed by atoms with E-state index in [1.807, 2.05) is 30.8 Å². The number of hydrogen-bond acceptors (Lipinski definition) is 2. The van der Waals surface area contributed by atoms with Crippen LogP contribution in [0.4, 0.5) is 4.39 Å². The van der Waals surface area contributed by atoms with E-state index in [2.05, 4.69) is 10.4 Å². The molecule has 1 N–H and O–H groups in total. The predicted octanol–water partition coefficient (Wildman–Crippen LogP) is 2.96. The fourth-order valence-electron chi connectivity index (χ4n) is 2.79. The number of nitrogens with zero attached hydrogens (tertiary/aromatic N) is 2. The molecular formula is C15H18FN3. The molecule has 1 aromatic carbocycles. The van der Waals surface area contributed by atoms with Crippen molar-refractivity contribution >= 4 is 0 Å². The highest BCUT2D eigenvalue weighted by atomic mass is 19.1. The average Bonchev–Trinajstić information content (AvgIpc) is 3.01. The summed E-state index contributed by atoms with van der Waals surface area (Å²) in [5, 5.41) is 8.04. The van der Waals surface area contributed by atoms with E-state index in [-0.39, 0.29) is 11.9 Å². The first-order valence-electron chi connectivity index (χ1n) is 6.70. The van der Waals surface area contributed by atoms with Crippen LogP contribution in [0.25, 0.3) is 11.1 Å². The van der Waals surface area contributed by atoms with Crippen molar-refractivity contribution in [1.29, 1.82) is 0 Å². The molecule has 0 amide bonds. The molecule has 1 unspecified atom stereocenters. The van der Waals surface area contributed by atoms with Crippen LogP contribution in [0.5, 0.6) is 0 Å². The number of hydrogen-bond donors (Lipinski definition) is 1. The van der Waals surface area contributed by atoms with Gasteiger partial charge in [0.15, 0.2) is 0 Å². The van der Waals surface area contributed by atoms with Gasteiger partial charge in [-0.2, -0.15) is 5.10 Å². The third-order valence-electron chi connectivity index (χ3n) is 3.89. The predicted molar refractivity (Wildman–Crippen MR) is 73.3 cm³/mol.